The average Bonchev–Trinajstić information content (AvgIpc) is 2.83. The highest BCUT2D eigenvalue weighted by molar-refractivity contribution is 14.1. The van der Waals surface area contributed by atoms with E-state index in [9.17, 15) is 9.59 Å². The summed E-state index contributed by atoms with van der Waals surface area (Å²) in [7, 11) is 6.55. The van der Waals surface area contributed by atoms with Crippen LogP contribution in [0.3, 0.4) is 0 Å². The molecule has 2 amide bonds. The van der Waals surface area contributed by atoms with Crippen LogP contribution in [0.4, 0.5) is 0 Å². The fourth-order valence-corrected chi connectivity index (χ4v) is 5.58. The molecule has 0 spiro atoms. The van der Waals surface area contributed by atoms with Crippen molar-refractivity contribution in [2.45, 2.75) is 50.6 Å². The summed E-state index contributed by atoms with van der Waals surface area (Å²) in [6.07, 6.45) is 3.37. The van der Waals surface area contributed by atoms with E-state index in [2.05, 4.69) is 34.3 Å². The van der Waals surface area contributed by atoms with Crippen LogP contribution < -0.4 is 15.4 Å². The fourth-order valence-electron chi connectivity index (χ4n) is 4.66. The Labute approximate surface area is 223 Å². The van der Waals surface area contributed by atoms with Gasteiger partial charge in [0, 0.05) is 25.4 Å². The van der Waals surface area contributed by atoms with Gasteiger partial charge >= 0.3 is 0 Å². The minimum atomic E-state index is -0.472. The van der Waals surface area contributed by atoms with Crippen LogP contribution in [-0.2, 0) is 7.86 Å². The number of pyridine rings is 1. The summed E-state index contributed by atoms with van der Waals surface area (Å²) in [6.45, 7) is 4.05. The van der Waals surface area contributed by atoms with Crippen LogP contribution in [0.5, 0.6) is 5.75 Å². The molecule has 0 aliphatic heterocycles. The number of nitrogens with one attached hydrogen (secondary N) is 1. The molecule has 0 radical (unpaired) electrons. The van der Waals surface area contributed by atoms with Gasteiger partial charge in [0.25, 0.3) is 11.8 Å². The Balaban J connectivity index is 1.40. The molecule has 184 valence electrons. The first-order valence-corrected chi connectivity index (χ1v) is 13.1. The van der Waals surface area contributed by atoms with Crippen LogP contribution in [0.2, 0.25) is 0 Å². The van der Waals surface area contributed by atoms with Crippen molar-refractivity contribution in [2.24, 2.45) is 0 Å². The Morgan fingerprint density at radius 2 is 2.09 bits per heavy atom. The first-order valence-electron chi connectivity index (χ1n) is 11.7. The molecular formula is C25H30BIN3O4P. The quantitative estimate of drug-likeness (QED) is 0.285. The molecule has 1 aromatic heterocycles. The number of hydrogen-bond acceptors (Lipinski definition) is 5. The number of ether oxygens (including phenoxy) is 1. The number of benzene rings is 1. The largest absolute Gasteiger partial charge is 0.484 e. The third-order valence-electron chi connectivity index (χ3n) is 6.96. The zero-order chi connectivity index (χ0) is 25.3. The van der Waals surface area contributed by atoms with Gasteiger partial charge in [-0.2, -0.15) is 0 Å². The summed E-state index contributed by atoms with van der Waals surface area (Å²) in [5, 5.41) is 4.19. The number of rotatable bonds is 8. The predicted molar refractivity (Wildman–Crippen MR) is 150 cm³/mol. The Morgan fingerprint density at radius 1 is 1.34 bits per heavy atom. The SMILES string of the molecule is BC(C)c1ccc(C(=O)N(C)C2=C3CC(NC(=O)COc4ccc(C)c(P)c4)(C3)C(OI)C2)nc1. The maximum absolute atomic E-state index is 13.1. The zero-order valence-electron chi connectivity index (χ0n) is 20.4. The highest BCUT2D eigenvalue weighted by Gasteiger charge is 2.54. The van der Waals surface area contributed by atoms with Crippen molar-refractivity contribution < 1.29 is 17.4 Å². The lowest BCUT2D eigenvalue weighted by Gasteiger charge is -2.54. The summed E-state index contributed by atoms with van der Waals surface area (Å²) in [5.74, 6) is 0.692. The van der Waals surface area contributed by atoms with Gasteiger partial charge in [-0.1, -0.05) is 19.1 Å². The van der Waals surface area contributed by atoms with Crippen LogP contribution in [-0.4, -0.2) is 54.8 Å². The molecule has 1 fully saturated rings. The normalized spacial score (nSPS) is 21.7. The zero-order valence-corrected chi connectivity index (χ0v) is 23.7. The van der Waals surface area contributed by atoms with E-state index in [0.717, 1.165) is 27.7 Å². The highest BCUT2D eigenvalue weighted by Crippen LogP contribution is 2.51. The number of nitrogens with zero attached hydrogens (tertiary/aromatic N) is 2. The second-order valence-electron chi connectivity index (χ2n) is 9.69. The lowest BCUT2D eigenvalue weighted by atomic mass is 9.62. The van der Waals surface area contributed by atoms with E-state index in [4.69, 9.17) is 7.80 Å². The molecule has 1 aromatic carbocycles. The highest BCUT2D eigenvalue weighted by atomic mass is 127. The van der Waals surface area contributed by atoms with Crippen LogP contribution in [0.1, 0.15) is 53.6 Å². The van der Waals surface area contributed by atoms with Crippen LogP contribution in [0, 0.1) is 6.92 Å². The Bertz CT molecular complexity index is 1160. The molecule has 35 heavy (non-hydrogen) atoms. The predicted octanol–water partition coefficient (Wildman–Crippen LogP) is 2.78. The summed E-state index contributed by atoms with van der Waals surface area (Å²) in [5.41, 5.74) is 4.31. The Kier molecular flexibility index (Phi) is 7.88. The monoisotopic (exact) mass is 605 g/mol. The molecule has 10 heteroatoms. The van der Waals surface area contributed by atoms with Gasteiger partial charge in [-0.05, 0) is 65.8 Å². The Hall–Kier alpha value is -1.97. The van der Waals surface area contributed by atoms with E-state index in [1.807, 2.05) is 54.2 Å². The van der Waals surface area contributed by atoms with Gasteiger partial charge in [0.2, 0.25) is 0 Å². The number of aromatic nitrogens is 1. The fraction of sp³-hybridized carbons (Fsp3) is 0.400. The minimum absolute atomic E-state index is 0.0643. The summed E-state index contributed by atoms with van der Waals surface area (Å²) in [4.78, 5) is 31.9. The number of carbonyl (C=O) groups excluding carboxylic acids is 2. The van der Waals surface area contributed by atoms with Crippen molar-refractivity contribution in [3.05, 3.63) is 64.6 Å². The van der Waals surface area contributed by atoms with Crippen molar-refractivity contribution in [3.8, 4) is 5.75 Å². The van der Waals surface area contributed by atoms with Crippen LogP contribution in [0.25, 0.3) is 0 Å². The third-order valence-corrected chi connectivity index (χ3v) is 8.19. The van der Waals surface area contributed by atoms with E-state index in [1.54, 1.807) is 24.2 Å². The smallest absolute Gasteiger partial charge is 0.276 e. The lowest BCUT2D eigenvalue weighted by molar-refractivity contribution is -0.127. The summed E-state index contributed by atoms with van der Waals surface area (Å²) in [6, 6.07) is 9.47. The molecular weight excluding hydrogens is 575 g/mol. The molecule has 7 nitrogen and oxygen atoms in total. The molecule has 0 saturated heterocycles. The summed E-state index contributed by atoms with van der Waals surface area (Å²) >= 11 is 1.89. The first kappa shape index (κ1) is 26.1. The lowest BCUT2D eigenvalue weighted by Crippen LogP contribution is -2.66. The van der Waals surface area contributed by atoms with Gasteiger partial charge in [-0.3, -0.25) is 14.6 Å². The summed E-state index contributed by atoms with van der Waals surface area (Å²) < 4.78 is 11.5. The van der Waals surface area contributed by atoms with Gasteiger partial charge in [-0.25, -0.2) is 0 Å². The van der Waals surface area contributed by atoms with Gasteiger partial charge in [0.05, 0.1) is 11.6 Å². The Morgan fingerprint density at radius 3 is 2.69 bits per heavy atom. The molecule has 3 aliphatic rings. The van der Waals surface area contributed by atoms with Crippen LogP contribution >= 0.6 is 32.2 Å². The first-order chi connectivity index (χ1) is 16.6. The van der Waals surface area contributed by atoms with Gasteiger partial charge in [0.1, 0.15) is 42.3 Å². The van der Waals surface area contributed by atoms with Crippen molar-refractivity contribution in [1.82, 2.24) is 15.2 Å². The number of aryl methyl sites for hydroxylation is 1. The maximum Gasteiger partial charge on any atom is 0.276 e. The van der Waals surface area contributed by atoms with Crippen molar-refractivity contribution in [2.75, 3.05) is 13.7 Å². The number of halogens is 1. The van der Waals surface area contributed by atoms with Crippen molar-refractivity contribution >= 4 is 57.2 Å². The van der Waals surface area contributed by atoms with Crippen molar-refractivity contribution in [3.63, 3.8) is 0 Å². The molecule has 5 rings (SSSR count). The van der Waals surface area contributed by atoms with Gasteiger partial charge < -0.3 is 18.0 Å². The topological polar surface area (TPSA) is 80.8 Å². The van der Waals surface area contributed by atoms with E-state index < -0.39 is 5.54 Å². The van der Waals surface area contributed by atoms with E-state index in [1.165, 1.54) is 0 Å². The second-order valence-corrected chi connectivity index (χ2v) is 10.8. The number of fused-ring (bicyclic) bond motifs is 2. The van der Waals surface area contributed by atoms with Gasteiger partial charge in [-0.15, -0.1) is 9.24 Å². The molecule has 1 heterocycles. The third kappa shape index (κ3) is 5.42. The standard InChI is InChI=1S/C25H30BIN3O4P/c1-14-4-6-18(8-21(14)35)33-13-23(31)29-25-10-17(11-25)20(9-22(25)34-27)30(3)24(32)19-7-5-16(12-28-19)15(2)26/h4-8,12,15,22H,9-11,13,26,35H2,1-3H3,(H,29,31). The van der Waals surface area contributed by atoms with E-state index in [0.29, 0.717) is 36.5 Å². The molecule has 1 saturated carbocycles. The average molecular weight is 605 g/mol. The van der Waals surface area contributed by atoms with Crippen molar-refractivity contribution in [1.29, 1.82) is 0 Å². The molecule has 2 bridgehead atoms. The number of amides is 2. The molecule has 3 atom stereocenters. The van der Waals surface area contributed by atoms with Crippen LogP contribution in [0.15, 0.2) is 47.8 Å². The van der Waals surface area contributed by atoms with E-state index >= 15 is 0 Å². The number of carbonyl (C=O) groups is 2. The molecule has 2 aromatic rings. The number of hydrogen-bond donors (Lipinski definition) is 1. The second kappa shape index (κ2) is 10.6. The molecule has 1 N–H and O–H groups in total. The van der Waals surface area contributed by atoms with Gasteiger partial charge in [0.15, 0.2) is 6.61 Å². The molecule has 3 unspecified atom stereocenters. The molecule has 3 aliphatic carbocycles. The minimum Gasteiger partial charge on any atom is -0.484 e. The maximum atomic E-state index is 13.1. The van der Waals surface area contributed by atoms with E-state index in [-0.39, 0.29) is 24.5 Å².